The summed E-state index contributed by atoms with van der Waals surface area (Å²) >= 11 is 0. The zero-order valence-corrected chi connectivity index (χ0v) is 14.6. The number of likely N-dealkylation sites (N-methyl/N-ethyl adjacent to an activating group) is 1. The van der Waals surface area contributed by atoms with E-state index >= 15 is 0 Å². The van der Waals surface area contributed by atoms with E-state index in [1.165, 1.54) is 6.33 Å². The number of rotatable bonds is 5. The second kappa shape index (κ2) is 7.46. The number of H-pyrrole nitrogens is 1. The van der Waals surface area contributed by atoms with Gasteiger partial charge in [0.15, 0.2) is 5.82 Å². The molecule has 3 rings (SSSR count). The van der Waals surface area contributed by atoms with E-state index in [4.69, 9.17) is 0 Å². The van der Waals surface area contributed by atoms with Crippen LogP contribution in [0, 0.1) is 0 Å². The zero-order valence-electron chi connectivity index (χ0n) is 14.6. The molecule has 0 aliphatic carbocycles. The maximum atomic E-state index is 12.9. The number of benzene rings is 1. The Morgan fingerprint density at radius 1 is 1.28 bits per heavy atom. The number of carbonyl (C=O) groups excluding carboxylic acids is 2. The molecule has 1 aliphatic heterocycles. The van der Waals surface area contributed by atoms with Crippen LogP contribution in [0.4, 0.5) is 0 Å². The Morgan fingerprint density at radius 2 is 2.04 bits per heavy atom. The molecule has 1 fully saturated rings. The molecule has 0 spiro atoms. The first kappa shape index (κ1) is 17.1. The molecule has 0 saturated carbocycles. The third-order valence-corrected chi connectivity index (χ3v) is 4.63. The van der Waals surface area contributed by atoms with Gasteiger partial charge in [0.2, 0.25) is 5.91 Å². The molecule has 2 amide bonds. The van der Waals surface area contributed by atoms with E-state index in [1.807, 2.05) is 12.1 Å². The van der Waals surface area contributed by atoms with E-state index < -0.39 is 0 Å². The van der Waals surface area contributed by atoms with Gasteiger partial charge in [-0.05, 0) is 18.6 Å². The molecular weight excluding hydrogens is 318 g/mol. The molecule has 1 unspecified atom stereocenters. The first-order valence-corrected chi connectivity index (χ1v) is 8.63. The minimum atomic E-state index is -0.361. The summed E-state index contributed by atoms with van der Waals surface area (Å²) in [5.41, 5.74) is 1.45. The highest BCUT2D eigenvalue weighted by Gasteiger charge is 2.35. The van der Waals surface area contributed by atoms with Crippen molar-refractivity contribution in [3.05, 3.63) is 36.2 Å². The van der Waals surface area contributed by atoms with Gasteiger partial charge in [-0.1, -0.05) is 31.9 Å². The topological polar surface area (TPSA) is 82.2 Å². The van der Waals surface area contributed by atoms with Gasteiger partial charge >= 0.3 is 0 Å². The zero-order chi connectivity index (χ0) is 17.8. The van der Waals surface area contributed by atoms with Crippen molar-refractivity contribution in [1.82, 2.24) is 25.0 Å². The summed E-state index contributed by atoms with van der Waals surface area (Å²) in [6.45, 7) is 3.23. The lowest BCUT2D eigenvalue weighted by Crippen LogP contribution is -2.57. The normalized spacial score (nSPS) is 17.8. The summed E-state index contributed by atoms with van der Waals surface area (Å²) in [5.74, 6) is 0.604. The summed E-state index contributed by atoms with van der Waals surface area (Å²) < 4.78 is 0. The fourth-order valence-corrected chi connectivity index (χ4v) is 3.11. The van der Waals surface area contributed by atoms with Crippen molar-refractivity contribution in [1.29, 1.82) is 0 Å². The van der Waals surface area contributed by atoms with Crippen molar-refractivity contribution < 1.29 is 9.59 Å². The van der Waals surface area contributed by atoms with Crippen LogP contribution in [0.1, 0.15) is 36.5 Å². The molecule has 1 aromatic heterocycles. The third kappa shape index (κ3) is 3.55. The molecule has 0 radical (unpaired) electrons. The fourth-order valence-electron chi connectivity index (χ4n) is 3.11. The Hall–Kier alpha value is -2.70. The molecule has 7 heteroatoms. The number of unbranched alkanes of at least 4 members (excludes halogenated alkanes) is 1. The van der Waals surface area contributed by atoms with Crippen LogP contribution in [-0.2, 0) is 4.79 Å². The predicted molar refractivity (Wildman–Crippen MR) is 93.8 cm³/mol. The summed E-state index contributed by atoms with van der Waals surface area (Å²) in [6.07, 6.45) is 4.09. The maximum absolute atomic E-state index is 12.9. The highest BCUT2D eigenvalue weighted by atomic mass is 16.2. The Bertz CT molecular complexity index is 726. The van der Waals surface area contributed by atoms with E-state index in [0.29, 0.717) is 30.9 Å². The van der Waals surface area contributed by atoms with Crippen LogP contribution in [0.2, 0.25) is 0 Å². The van der Waals surface area contributed by atoms with Gasteiger partial charge in [0.1, 0.15) is 12.4 Å². The molecule has 2 aromatic rings. The summed E-state index contributed by atoms with van der Waals surface area (Å²) in [5, 5.41) is 6.63. The number of aromatic nitrogens is 3. The second-order valence-corrected chi connectivity index (χ2v) is 6.33. The number of hydrogen-bond acceptors (Lipinski definition) is 4. The molecule has 132 valence electrons. The van der Waals surface area contributed by atoms with Crippen molar-refractivity contribution in [2.45, 2.75) is 32.2 Å². The van der Waals surface area contributed by atoms with Crippen LogP contribution in [0.3, 0.4) is 0 Å². The number of hydrogen-bond donors (Lipinski definition) is 1. The van der Waals surface area contributed by atoms with Crippen LogP contribution >= 0.6 is 0 Å². The average molecular weight is 341 g/mol. The van der Waals surface area contributed by atoms with E-state index in [2.05, 4.69) is 22.1 Å². The van der Waals surface area contributed by atoms with Gasteiger partial charge in [0.05, 0.1) is 0 Å². The fraction of sp³-hybridized carbons (Fsp3) is 0.444. The quantitative estimate of drug-likeness (QED) is 0.901. The molecule has 1 aliphatic rings. The average Bonchev–Trinajstić information content (AvgIpc) is 3.17. The first-order valence-electron chi connectivity index (χ1n) is 8.63. The van der Waals surface area contributed by atoms with Crippen LogP contribution < -0.4 is 0 Å². The second-order valence-electron chi connectivity index (χ2n) is 6.33. The molecule has 7 nitrogen and oxygen atoms in total. The van der Waals surface area contributed by atoms with E-state index in [0.717, 1.165) is 18.4 Å². The SMILES string of the molecule is CCCCC1C(=O)N(C)CCN1C(=O)c1ccc(-c2ncn[nH]2)cc1. The number of piperazine rings is 1. The number of aromatic amines is 1. The minimum Gasteiger partial charge on any atom is -0.342 e. The monoisotopic (exact) mass is 341 g/mol. The first-order chi connectivity index (χ1) is 12.1. The largest absolute Gasteiger partial charge is 0.342 e. The van der Waals surface area contributed by atoms with Crippen LogP contribution in [0.15, 0.2) is 30.6 Å². The van der Waals surface area contributed by atoms with Crippen molar-refractivity contribution >= 4 is 11.8 Å². The van der Waals surface area contributed by atoms with Crippen LogP contribution in [0.5, 0.6) is 0 Å². The molecular formula is C18H23N5O2. The van der Waals surface area contributed by atoms with Gasteiger partial charge in [-0.15, -0.1) is 0 Å². The molecule has 1 aromatic carbocycles. The van der Waals surface area contributed by atoms with Gasteiger partial charge in [-0.2, -0.15) is 5.10 Å². The summed E-state index contributed by atoms with van der Waals surface area (Å²) in [4.78, 5) is 33.0. The Labute approximate surface area is 147 Å². The predicted octanol–water partition coefficient (Wildman–Crippen LogP) is 1.94. The van der Waals surface area contributed by atoms with E-state index in [-0.39, 0.29) is 17.9 Å². The molecule has 2 heterocycles. The highest BCUT2D eigenvalue weighted by molar-refractivity contribution is 5.98. The number of nitrogens with zero attached hydrogens (tertiary/aromatic N) is 4. The minimum absolute atomic E-state index is 0.0336. The van der Waals surface area contributed by atoms with E-state index in [1.54, 1.807) is 29.0 Å². The van der Waals surface area contributed by atoms with Crippen LogP contribution in [-0.4, -0.2) is 63.0 Å². The Balaban J connectivity index is 1.79. The van der Waals surface area contributed by atoms with Crippen molar-refractivity contribution in [2.75, 3.05) is 20.1 Å². The van der Waals surface area contributed by atoms with Crippen molar-refractivity contribution in [2.24, 2.45) is 0 Å². The molecule has 25 heavy (non-hydrogen) atoms. The smallest absolute Gasteiger partial charge is 0.254 e. The Kier molecular flexibility index (Phi) is 5.11. The van der Waals surface area contributed by atoms with Gasteiger partial charge in [-0.3, -0.25) is 14.7 Å². The number of carbonyl (C=O) groups is 2. The highest BCUT2D eigenvalue weighted by Crippen LogP contribution is 2.21. The summed E-state index contributed by atoms with van der Waals surface area (Å²) in [7, 11) is 1.80. The van der Waals surface area contributed by atoms with Gasteiger partial charge < -0.3 is 9.80 Å². The number of amides is 2. The molecule has 1 saturated heterocycles. The molecule has 1 atom stereocenters. The van der Waals surface area contributed by atoms with E-state index in [9.17, 15) is 9.59 Å². The third-order valence-electron chi connectivity index (χ3n) is 4.63. The lowest BCUT2D eigenvalue weighted by Gasteiger charge is -2.39. The standard InChI is InChI=1S/C18H23N5O2/c1-3-4-5-15-18(25)22(2)10-11-23(15)17(24)14-8-6-13(7-9-14)16-19-12-20-21-16/h6-9,12,15H,3-5,10-11H2,1-2H3,(H,19,20,21). The van der Waals surface area contributed by atoms with Gasteiger partial charge in [0.25, 0.3) is 5.91 Å². The van der Waals surface area contributed by atoms with Crippen molar-refractivity contribution in [3.8, 4) is 11.4 Å². The van der Waals surface area contributed by atoms with Crippen LogP contribution in [0.25, 0.3) is 11.4 Å². The lowest BCUT2D eigenvalue weighted by molar-refractivity contribution is -0.138. The Morgan fingerprint density at radius 3 is 2.68 bits per heavy atom. The number of nitrogens with one attached hydrogen (secondary N) is 1. The molecule has 1 N–H and O–H groups in total. The summed E-state index contributed by atoms with van der Waals surface area (Å²) in [6, 6.07) is 6.87. The van der Waals surface area contributed by atoms with Gasteiger partial charge in [0, 0.05) is 31.3 Å². The molecule has 0 bridgehead atoms. The lowest BCUT2D eigenvalue weighted by atomic mass is 10.0. The van der Waals surface area contributed by atoms with Crippen molar-refractivity contribution in [3.63, 3.8) is 0 Å². The van der Waals surface area contributed by atoms with Gasteiger partial charge in [-0.25, -0.2) is 4.98 Å². The maximum Gasteiger partial charge on any atom is 0.254 e.